The number of ether oxygens (including phenoxy) is 1. The highest BCUT2D eigenvalue weighted by atomic mass is 16.5. The number of nitrogens with two attached hydrogens (primary N) is 1. The van der Waals surface area contributed by atoms with Crippen LogP contribution in [0.3, 0.4) is 0 Å². The third kappa shape index (κ3) is 5.01. The molecule has 0 saturated carbocycles. The molecule has 1 aliphatic heterocycles. The summed E-state index contributed by atoms with van der Waals surface area (Å²) in [7, 11) is 0. The van der Waals surface area contributed by atoms with Gasteiger partial charge in [0.1, 0.15) is 0 Å². The number of rotatable bonds is 6. The maximum atomic E-state index is 6.16. The van der Waals surface area contributed by atoms with Gasteiger partial charge in [0.15, 0.2) is 5.96 Å². The molecule has 2 aromatic rings. The van der Waals surface area contributed by atoms with Crippen LogP contribution in [0.4, 0.5) is 11.4 Å². The number of morpholine rings is 1. The normalized spacial score (nSPS) is 15.0. The molecule has 1 fully saturated rings. The van der Waals surface area contributed by atoms with Crippen LogP contribution in [0.25, 0.3) is 0 Å². The molecule has 1 aliphatic rings. The van der Waals surface area contributed by atoms with E-state index in [1.807, 2.05) is 0 Å². The van der Waals surface area contributed by atoms with E-state index in [4.69, 9.17) is 10.5 Å². The smallest absolute Gasteiger partial charge is 0.193 e. The lowest BCUT2D eigenvalue weighted by atomic mass is 10.0. The molecule has 27 heavy (non-hydrogen) atoms. The summed E-state index contributed by atoms with van der Waals surface area (Å²) in [5.41, 5.74) is 12.2. The summed E-state index contributed by atoms with van der Waals surface area (Å²) in [6, 6.07) is 14.9. The second-order valence-electron chi connectivity index (χ2n) is 6.75. The predicted octanol–water partition coefficient (Wildman–Crippen LogP) is 3.57. The van der Waals surface area contributed by atoms with Crippen molar-refractivity contribution in [1.29, 1.82) is 0 Å². The van der Waals surface area contributed by atoms with E-state index in [9.17, 15) is 0 Å². The van der Waals surface area contributed by atoms with E-state index in [0.29, 0.717) is 12.5 Å². The van der Waals surface area contributed by atoms with Crippen LogP contribution in [-0.2, 0) is 24.1 Å². The molecule has 0 atom stereocenters. The standard InChI is InChI=1S/C22H30N4O/c1-3-18-6-5-7-19(4-2)21(18)25-22(23)24-16-17-8-10-20(11-9-17)26-12-14-27-15-13-26/h5-11H,3-4,12-16H2,1-2H3,(H3,23,24,25). The quantitative estimate of drug-likeness (QED) is 0.606. The second kappa shape index (κ2) is 9.42. The Morgan fingerprint density at radius 2 is 1.67 bits per heavy atom. The van der Waals surface area contributed by atoms with Gasteiger partial charge in [-0.25, -0.2) is 4.99 Å². The summed E-state index contributed by atoms with van der Waals surface area (Å²) in [6.45, 7) is 8.38. The zero-order chi connectivity index (χ0) is 19.1. The van der Waals surface area contributed by atoms with E-state index in [1.165, 1.54) is 16.8 Å². The van der Waals surface area contributed by atoms with Crippen molar-refractivity contribution in [2.45, 2.75) is 33.2 Å². The molecular weight excluding hydrogens is 336 g/mol. The minimum atomic E-state index is 0.461. The van der Waals surface area contributed by atoms with E-state index in [0.717, 1.165) is 50.4 Å². The number of hydrogen-bond acceptors (Lipinski definition) is 3. The molecule has 144 valence electrons. The van der Waals surface area contributed by atoms with Gasteiger partial charge in [-0.2, -0.15) is 0 Å². The van der Waals surface area contributed by atoms with Gasteiger partial charge in [-0.05, 0) is 41.7 Å². The Bertz CT molecular complexity index is 742. The molecule has 0 spiro atoms. The number of nitrogens with zero attached hydrogens (tertiary/aromatic N) is 2. The Balaban J connectivity index is 1.64. The highest BCUT2D eigenvalue weighted by Crippen LogP contribution is 2.22. The van der Waals surface area contributed by atoms with E-state index in [2.05, 4.69) is 71.5 Å². The molecule has 0 aliphatic carbocycles. The van der Waals surface area contributed by atoms with Crippen LogP contribution in [-0.4, -0.2) is 32.3 Å². The number of para-hydroxylation sites is 1. The zero-order valence-electron chi connectivity index (χ0n) is 16.4. The third-order valence-corrected chi connectivity index (χ3v) is 5.00. The molecule has 0 aromatic heterocycles. The van der Waals surface area contributed by atoms with E-state index in [-0.39, 0.29) is 0 Å². The average Bonchev–Trinajstić information content (AvgIpc) is 2.73. The number of aryl methyl sites for hydroxylation is 2. The van der Waals surface area contributed by atoms with Gasteiger partial charge in [-0.3, -0.25) is 0 Å². The average molecular weight is 367 g/mol. The monoisotopic (exact) mass is 366 g/mol. The Kier molecular flexibility index (Phi) is 6.71. The molecule has 5 nitrogen and oxygen atoms in total. The van der Waals surface area contributed by atoms with Crippen LogP contribution in [0, 0.1) is 0 Å². The number of benzene rings is 2. The summed E-state index contributed by atoms with van der Waals surface area (Å²) in [5, 5.41) is 3.32. The van der Waals surface area contributed by atoms with Gasteiger partial charge in [-0.1, -0.05) is 44.2 Å². The lowest BCUT2D eigenvalue weighted by Crippen LogP contribution is -2.36. The molecule has 0 radical (unpaired) electrons. The Labute approximate surface area is 162 Å². The molecule has 5 heteroatoms. The van der Waals surface area contributed by atoms with Crippen molar-refractivity contribution >= 4 is 17.3 Å². The fraction of sp³-hybridized carbons (Fsp3) is 0.409. The molecule has 3 rings (SSSR count). The molecular formula is C22H30N4O. The summed E-state index contributed by atoms with van der Waals surface area (Å²) < 4.78 is 5.41. The van der Waals surface area contributed by atoms with Crippen LogP contribution < -0.4 is 16.0 Å². The first-order valence-corrected chi connectivity index (χ1v) is 9.80. The highest BCUT2D eigenvalue weighted by Gasteiger charge is 2.11. The van der Waals surface area contributed by atoms with Crippen LogP contribution in [0.15, 0.2) is 47.5 Å². The molecule has 0 unspecified atom stereocenters. The Morgan fingerprint density at radius 3 is 2.26 bits per heavy atom. The molecule has 1 saturated heterocycles. The summed E-state index contributed by atoms with van der Waals surface area (Å²) in [6.07, 6.45) is 1.93. The van der Waals surface area contributed by atoms with Gasteiger partial charge in [-0.15, -0.1) is 0 Å². The van der Waals surface area contributed by atoms with Crippen molar-refractivity contribution < 1.29 is 4.74 Å². The molecule has 0 amide bonds. The van der Waals surface area contributed by atoms with Crippen LogP contribution in [0.1, 0.15) is 30.5 Å². The molecule has 1 heterocycles. The van der Waals surface area contributed by atoms with Gasteiger partial charge in [0.05, 0.1) is 19.8 Å². The van der Waals surface area contributed by atoms with Crippen LogP contribution in [0.2, 0.25) is 0 Å². The number of hydrogen-bond donors (Lipinski definition) is 2. The highest BCUT2D eigenvalue weighted by molar-refractivity contribution is 5.93. The van der Waals surface area contributed by atoms with Gasteiger partial charge in [0.2, 0.25) is 0 Å². The number of nitrogens with one attached hydrogen (secondary N) is 1. The molecule has 0 bridgehead atoms. The van der Waals surface area contributed by atoms with Crippen molar-refractivity contribution in [3.05, 3.63) is 59.2 Å². The van der Waals surface area contributed by atoms with E-state index in [1.54, 1.807) is 0 Å². The zero-order valence-corrected chi connectivity index (χ0v) is 16.4. The lowest BCUT2D eigenvalue weighted by Gasteiger charge is -2.28. The molecule has 2 aromatic carbocycles. The van der Waals surface area contributed by atoms with Crippen LogP contribution in [0.5, 0.6) is 0 Å². The number of aliphatic imine (C=N–C) groups is 1. The van der Waals surface area contributed by atoms with Gasteiger partial charge in [0.25, 0.3) is 0 Å². The number of anilines is 2. The van der Waals surface area contributed by atoms with Crippen molar-refractivity contribution in [2.24, 2.45) is 10.7 Å². The largest absolute Gasteiger partial charge is 0.378 e. The SMILES string of the molecule is CCc1cccc(CC)c1NC(N)=NCc1ccc(N2CCOCC2)cc1. The predicted molar refractivity (Wildman–Crippen MR) is 114 cm³/mol. The number of guanidine groups is 1. The van der Waals surface area contributed by atoms with Gasteiger partial charge in [0, 0.05) is 24.5 Å². The summed E-state index contributed by atoms with van der Waals surface area (Å²) >= 11 is 0. The lowest BCUT2D eigenvalue weighted by molar-refractivity contribution is 0.122. The van der Waals surface area contributed by atoms with E-state index < -0.39 is 0 Å². The topological polar surface area (TPSA) is 62.9 Å². The summed E-state index contributed by atoms with van der Waals surface area (Å²) in [5.74, 6) is 0.461. The minimum Gasteiger partial charge on any atom is -0.378 e. The van der Waals surface area contributed by atoms with Gasteiger partial charge < -0.3 is 20.7 Å². The first-order valence-electron chi connectivity index (χ1n) is 9.80. The maximum absolute atomic E-state index is 6.16. The van der Waals surface area contributed by atoms with Gasteiger partial charge >= 0.3 is 0 Å². The minimum absolute atomic E-state index is 0.461. The second-order valence-corrected chi connectivity index (χ2v) is 6.75. The fourth-order valence-electron chi connectivity index (χ4n) is 3.38. The van der Waals surface area contributed by atoms with Crippen molar-refractivity contribution in [3.8, 4) is 0 Å². The maximum Gasteiger partial charge on any atom is 0.193 e. The fourth-order valence-corrected chi connectivity index (χ4v) is 3.38. The van der Waals surface area contributed by atoms with Crippen molar-refractivity contribution in [3.63, 3.8) is 0 Å². The third-order valence-electron chi connectivity index (χ3n) is 5.00. The molecule has 3 N–H and O–H groups in total. The van der Waals surface area contributed by atoms with Crippen molar-refractivity contribution in [2.75, 3.05) is 36.5 Å². The Hall–Kier alpha value is -2.53. The van der Waals surface area contributed by atoms with Crippen molar-refractivity contribution in [1.82, 2.24) is 0 Å². The first-order chi connectivity index (χ1) is 13.2. The Morgan fingerprint density at radius 1 is 1.04 bits per heavy atom. The summed E-state index contributed by atoms with van der Waals surface area (Å²) in [4.78, 5) is 6.88. The van der Waals surface area contributed by atoms with E-state index >= 15 is 0 Å². The van der Waals surface area contributed by atoms with Crippen LogP contribution >= 0.6 is 0 Å². The first kappa shape index (κ1) is 19.2.